The Kier molecular flexibility index (Phi) is 9.10. The van der Waals surface area contributed by atoms with Crippen molar-refractivity contribution in [3.05, 3.63) is 0 Å². The summed E-state index contributed by atoms with van der Waals surface area (Å²) in [6, 6.07) is 0.170. The molecule has 2 amide bonds. The van der Waals surface area contributed by atoms with Crippen molar-refractivity contribution in [2.24, 2.45) is 29.4 Å². The van der Waals surface area contributed by atoms with Gasteiger partial charge in [0.05, 0.1) is 18.8 Å². The summed E-state index contributed by atoms with van der Waals surface area (Å²) in [6.45, 7) is 3.91. The van der Waals surface area contributed by atoms with Crippen LogP contribution in [-0.2, 0) is 14.3 Å². The molecule has 3 aliphatic heterocycles. The highest BCUT2D eigenvalue weighted by Crippen LogP contribution is 2.32. The molecular formula is C29H52N5O3+. The number of hydrogen-bond acceptors (Lipinski definition) is 5. The van der Waals surface area contributed by atoms with Crippen LogP contribution in [0.2, 0.25) is 0 Å². The van der Waals surface area contributed by atoms with E-state index in [2.05, 4.69) is 22.5 Å². The van der Waals surface area contributed by atoms with Crippen molar-refractivity contribution in [1.82, 2.24) is 15.5 Å². The van der Waals surface area contributed by atoms with Crippen molar-refractivity contribution in [2.45, 2.75) is 127 Å². The lowest BCUT2D eigenvalue weighted by atomic mass is 9.79. The van der Waals surface area contributed by atoms with E-state index in [1.165, 1.54) is 49.8 Å². The first-order valence-electron chi connectivity index (χ1n) is 15.5. The lowest BCUT2D eigenvalue weighted by Gasteiger charge is -2.53. The number of carbonyl (C=O) groups excluding carboxylic acids is 2. The first-order chi connectivity index (χ1) is 18.0. The summed E-state index contributed by atoms with van der Waals surface area (Å²) in [4.78, 5) is 30.7. The van der Waals surface area contributed by atoms with Gasteiger partial charge in [-0.25, -0.2) is 5.32 Å². The van der Waals surface area contributed by atoms with E-state index in [0.717, 1.165) is 51.6 Å². The lowest BCUT2D eigenvalue weighted by molar-refractivity contribution is -0.965. The molecule has 210 valence electrons. The predicted octanol–water partition coefficient (Wildman–Crippen LogP) is 1.74. The van der Waals surface area contributed by atoms with E-state index in [-0.39, 0.29) is 48.2 Å². The average molecular weight is 519 g/mol. The van der Waals surface area contributed by atoms with Crippen LogP contribution in [0.25, 0.3) is 0 Å². The van der Waals surface area contributed by atoms with Gasteiger partial charge >= 0.3 is 0 Å². The Morgan fingerprint density at radius 2 is 1.84 bits per heavy atom. The molecule has 2 saturated carbocycles. The number of amides is 2. The number of fused-ring (bicyclic) bond motifs is 2. The Balaban J connectivity index is 1.29. The van der Waals surface area contributed by atoms with Crippen molar-refractivity contribution in [2.75, 3.05) is 20.2 Å². The normalized spacial score (nSPS) is 40.0. The van der Waals surface area contributed by atoms with Gasteiger partial charge in [0.1, 0.15) is 11.8 Å². The SMILES string of the molecule is COC1CCC(CC[NH+]2C(N)C(C(=O)N[C@@H](C)C3CCCCC3)CC3C(=O)N4CCCCC4NC32)CC1. The van der Waals surface area contributed by atoms with Crippen LogP contribution in [0.15, 0.2) is 0 Å². The zero-order valence-corrected chi connectivity index (χ0v) is 23.3. The molecule has 3 saturated heterocycles. The Morgan fingerprint density at radius 1 is 1.11 bits per heavy atom. The van der Waals surface area contributed by atoms with Crippen molar-refractivity contribution in [1.29, 1.82) is 0 Å². The van der Waals surface area contributed by atoms with Gasteiger partial charge in [0.2, 0.25) is 11.8 Å². The molecule has 2 aliphatic carbocycles. The Morgan fingerprint density at radius 3 is 2.57 bits per heavy atom. The molecule has 37 heavy (non-hydrogen) atoms. The first kappa shape index (κ1) is 27.4. The molecule has 0 radical (unpaired) electrons. The number of likely N-dealkylation sites (tertiary alicyclic amines) is 1. The summed E-state index contributed by atoms with van der Waals surface area (Å²) < 4.78 is 5.58. The van der Waals surface area contributed by atoms with Gasteiger partial charge in [0, 0.05) is 19.7 Å². The molecular weight excluding hydrogens is 466 g/mol. The van der Waals surface area contributed by atoms with Crippen LogP contribution in [0.3, 0.4) is 0 Å². The standard InChI is InChI=1S/C29H51N5O3/c1-19(21-8-4-3-5-9-21)31-28(35)23-18-24-27(32-25-10-6-7-16-33(25)29(24)36)34(26(23)30)17-15-20-11-13-22(37-2)14-12-20/h19-27,32H,3-18,30H2,1-2H3,(H,31,35)/p+1/t19-,20?,22?,23?,24?,25?,26?,27?/m0/s1. The van der Waals surface area contributed by atoms with Crippen molar-refractivity contribution < 1.29 is 19.2 Å². The second-order valence-electron chi connectivity index (χ2n) is 12.8. The topological polar surface area (TPSA) is 101 Å². The average Bonchev–Trinajstić information content (AvgIpc) is 2.93. The summed E-state index contributed by atoms with van der Waals surface area (Å²) >= 11 is 0. The molecule has 8 heteroatoms. The quantitative estimate of drug-likeness (QED) is 0.411. The first-order valence-corrected chi connectivity index (χ1v) is 15.5. The Labute approximate surface area is 223 Å². The zero-order chi connectivity index (χ0) is 25.9. The smallest absolute Gasteiger partial charge is 0.234 e. The molecule has 7 atom stereocenters. The Hall–Kier alpha value is -1.22. The number of nitrogens with one attached hydrogen (secondary N) is 3. The second-order valence-corrected chi connectivity index (χ2v) is 12.8. The zero-order valence-electron chi connectivity index (χ0n) is 23.3. The van der Waals surface area contributed by atoms with Crippen molar-refractivity contribution >= 4 is 11.8 Å². The molecule has 6 unspecified atom stereocenters. The fraction of sp³-hybridized carbons (Fsp3) is 0.931. The summed E-state index contributed by atoms with van der Waals surface area (Å²) in [5.41, 5.74) is 6.98. The van der Waals surface area contributed by atoms with Crippen LogP contribution in [0, 0.1) is 23.7 Å². The van der Waals surface area contributed by atoms with Gasteiger partial charge in [0.15, 0.2) is 12.3 Å². The third-order valence-corrected chi connectivity index (χ3v) is 10.7. The van der Waals surface area contributed by atoms with Crippen LogP contribution in [0.1, 0.15) is 96.8 Å². The number of ether oxygens (including phenoxy) is 1. The van der Waals surface area contributed by atoms with Gasteiger partial charge < -0.3 is 19.9 Å². The number of hydrogen-bond donors (Lipinski definition) is 4. The molecule has 3 heterocycles. The Bertz CT molecular complexity index is 782. The van der Waals surface area contributed by atoms with Gasteiger partial charge in [0.25, 0.3) is 0 Å². The highest BCUT2D eigenvalue weighted by atomic mass is 16.5. The molecule has 0 aromatic rings. The number of piperidine rings is 2. The van der Waals surface area contributed by atoms with Gasteiger partial charge in [-0.2, -0.15) is 0 Å². The molecule has 0 bridgehead atoms. The monoisotopic (exact) mass is 518 g/mol. The minimum Gasteiger partial charge on any atom is -0.381 e. The predicted molar refractivity (Wildman–Crippen MR) is 143 cm³/mol. The van der Waals surface area contributed by atoms with Crippen molar-refractivity contribution in [3.8, 4) is 0 Å². The highest BCUT2D eigenvalue weighted by Gasteiger charge is 2.55. The summed E-state index contributed by atoms with van der Waals surface area (Å²) in [5, 5.41) is 7.22. The van der Waals surface area contributed by atoms with Crippen LogP contribution in [-0.4, -0.2) is 67.6 Å². The van der Waals surface area contributed by atoms with E-state index >= 15 is 0 Å². The van der Waals surface area contributed by atoms with Crippen LogP contribution >= 0.6 is 0 Å². The summed E-state index contributed by atoms with van der Waals surface area (Å²) in [6.07, 6.45) is 16.0. The molecule has 5 fully saturated rings. The van der Waals surface area contributed by atoms with Gasteiger partial charge in [-0.3, -0.25) is 15.3 Å². The maximum Gasteiger partial charge on any atom is 0.234 e. The van der Waals surface area contributed by atoms with Crippen LogP contribution in [0.4, 0.5) is 0 Å². The minimum absolute atomic E-state index is 0.0111. The summed E-state index contributed by atoms with van der Waals surface area (Å²) in [7, 11) is 1.82. The number of nitrogens with zero attached hydrogens (tertiary/aromatic N) is 1. The molecule has 5 rings (SSSR count). The van der Waals surface area contributed by atoms with E-state index in [1.54, 1.807) is 0 Å². The summed E-state index contributed by atoms with van der Waals surface area (Å²) in [5.74, 6) is 1.05. The van der Waals surface area contributed by atoms with E-state index in [1.807, 2.05) is 7.11 Å². The number of carbonyl (C=O) groups is 2. The molecule has 8 nitrogen and oxygen atoms in total. The van der Waals surface area contributed by atoms with Gasteiger partial charge in [-0.1, -0.05) is 19.3 Å². The number of methoxy groups -OCH3 is 1. The third-order valence-electron chi connectivity index (χ3n) is 10.7. The van der Waals surface area contributed by atoms with E-state index < -0.39 is 0 Å². The molecule has 0 aromatic carbocycles. The third kappa shape index (κ3) is 6.02. The molecule has 5 N–H and O–H groups in total. The van der Waals surface area contributed by atoms with E-state index in [4.69, 9.17) is 10.5 Å². The fourth-order valence-electron chi connectivity index (χ4n) is 8.24. The molecule has 0 aromatic heterocycles. The minimum atomic E-state index is -0.321. The van der Waals surface area contributed by atoms with Gasteiger partial charge in [-0.15, -0.1) is 0 Å². The van der Waals surface area contributed by atoms with Gasteiger partial charge in [-0.05, 0) is 89.4 Å². The van der Waals surface area contributed by atoms with E-state index in [0.29, 0.717) is 24.4 Å². The maximum absolute atomic E-state index is 13.7. The van der Waals surface area contributed by atoms with Crippen LogP contribution in [0.5, 0.6) is 0 Å². The lowest BCUT2D eigenvalue weighted by Crippen LogP contribution is -3.26. The molecule has 5 aliphatic rings. The van der Waals surface area contributed by atoms with Crippen molar-refractivity contribution in [3.63, 3.8) is 0 Å². The number of quaternary nitrogens is 1. The fourth-order valence-corrected chi connectivity index (χ4v) is 8.24. The maximum atomic E-state index is 13.7. The number of rotatable bonds is 7. The number of nitrogens with two attached hydrogens (primary N) is 1. The van der Waals surface area contributed by atoms with Crippen LogP contribution < -0.4 is 21.3 Å². The van der Waals surface area contributed by atoms with E-state index in [9.17, 15) is 9.59 Å². The largest absolute Gasteiger partial charge is 0.381 e. The second kappa shape index (κ2) is 12.3. The highest BCUT2D eigenvalue weighted by molar-refractivity contribution is 5.84. The molecule has 0 spiro atoms.